The van der Waals surface area contributed by atoms with Gasteiger partial charge < -0.3 is 30.0 Å². The number of carbonyl (C=O) groups excluding carboxylic acids is 2. The molecule has 298 valence electrons. The molecule has 21 nitrogen and oxygen atoms in total. The van der Waals surface area contributed by atoms with Gasteiger partial charge in [0.05, 0.1) is 33.2 Å². The second-order valence-electron chi connectivity index (χ2n) is 11.3. The largest absolute Gasteiger partial charge is 0.505 e. The Hall–Kier alpha value is -7.02. The van der Waals surface area contributed by atoms with Crippen LogP contribution in [0.3, 0.4) is 0 Å². The summed E-state index contributed by atoms with van der Waals surface area (Å²) in [7, 11) is -9.92. The maximum absolute atomic E-state index is 13.0. The van der Waals surface area contributed by atoms with Crippen LogP contribution in [0, 0.1) is 0 Å². The molecule has 0 amide bonds. The minimum absolute atomic E-state index is 0.0377. The molecule has 0 spiro atoms. The molecule has 0 aliphatic carbocycles. The number of para-hydroxylation sites is 1. The number of hydrogen-bond donors (Lipinski definition) is 6. The summed E-state index contributed by atoms with van der Waals surface area (Å²) >= 11 is 6.36. The number of aromatic nitrogens is 3. The number of hydrogen-bond acceptors (Lipinski definition) is 19. The van der Waals surface area contributed by atoms with E-state index in [4.69, 9.17) is 31.7 Å². The maximum atomic E-state index is 13.0. The van der Waals surface area contributed by atoms with Gasteiger partial charge in [-0.25, -0.2) is 0 Å². The number of rotatable bonds is 17. The van der Waals surface area contributed by atoms with Gasteiger partial charge in [-0.15, -0.1) is 5.11 Å². The zero-order valence-corrected chi connectivity index (χ0v) is 31.4. The zero-order chi connectivity index (χ0) is 41.5. The standard InChI is InChI=1S/C34H26ClN9O12S2/c35-24-8-4-5-9-25(24)37-32-39-33(41-34(40-32)53-16-19-6-2-1-3-7-19)38-26-10-11-28(57(48,49)56-36)23-15-27(44-58(50,51)52)30(31(47)29(23)26)43-42-20-12-21(54-17-45)14-22(13-20)55-18-46/h1-15,17-18,44,47H,16,36H2,(H,50,51,52)(H2,37,38,39,40,41). The van der Waals surface area contributed by atoms with Crippen molar-refractivity contribution in [2.75, 3.05) is 15.4 Å². The smallest absolute Gasteiger partial charge is 0.357 e. The van der Waals surface area contributed by atoms with E-state index in [1.807, 2.05) is 30.3 Å². The summed E-state index contributed by atoms with van der Waals surface area (Å²) in [6.45, 7) is 0.197. The molecule has 0 saturated heterocycles. The average molecular weight is 852 g/mol. The molecule has 1 heterocycles. The Morgan fingerprint density at radius 2 is 1.41 bits per heavy atom. The average Bonchev–Trinajstić information content (AvgIpc) is 3.18. The Kier molecular flexibility index (Phi) is 12.2. The van der Waals surface area contributed by atoms with E-state index in [9.17, 15) is 36.1 Å². The number of fused-ring (bicyclic) bond motifs is 1. The molecule has 0 aliphatic rings. The first kappa shape index (κ1) is 40.6. The highest BCUT2D eigenvalue weighted by Gasteiger charge is 2.26. The normalized spacial score (nSPS) is 11.6. The van der Waals surface area contributed by atoms with Gasteiger partial charge in [0.2, 0.25) is 11.9 Å². The van der Waals surface area contributed by atoms with Crippen molar-refractivity contribution in [3.8, 4) is 23.3 Å². The number of carbonyl (C=O) groups is 2. The lowest BCUT2D eigenvalue weighted by molar-refractivity contribution is -0.121. The van der Waals surface area contributed by atoms with Crippen LogP contribution >= 0.6 is 11.6 Å². The lowest BCUT2D eigenvalue weighted by Gasteiger charge is -2.17. The first-order valence-corrected chi connectivity index (χ1v) is 19.2. The van der Waals surface area contributed by atoms with Crippen LogP contribution in [0.4, 0.5) is 40.3 Å². The van der Waals surface area contributed by atoms with Gasteiger partial charge in [-0.3, -0.25) is 18.9 Å². The first-order chi connectivity index (χ1) is 27.8. The molecule has 58 heavy (non-hydrogen) atoms. The van der Waals surface area contributed by atoms with Crippen LogP contribution in [-0.2, 0) is 40.9 Å². The van der Waals surface area contributed by atoms with Crippen LogP contribution in [0.5, 0.6) is 23.3 Å². The number of nitrogens with two attached hydrogens (primary N) is 1. The molecule has 0 radical (unpaired) electrons. The summed E-state index contributed by atoms with van der Waals surface area (Å²) in [5, 5.41) is 25.1. The number of anilines is 5. The molecule has 0 bridgehead atoms. The van der Waals surface area contributed by atoms with Crippen LogP contribution < -0.4 is 35.5 Å². The fourth-order valence-electron chi connectivity index (χ4n) is 5.18. The van der Waals surface area contributed by atoms with E-state index in [1.54, 1.807) is 29.0 Å². The second kappa shape index (κ2) is 17.4. The third kappa shape index (κ3) is 9.85. The summed E-state index contributed by atoms with van der Waals surface area (Å²) < 4.78 is 81.4. The highest BCUT2D eigenvalue weighted by Crippen LogP contribution is 2.48. The molecule has 0 atom stereocenters. The third-order valence-corrected chi connectivity index (χ3v) is 9.49. The highest BCUT2D eigenvalue weighted by atomic mass is 35.5. The quantitative estimate of drug-likeness (QED) is 0.0276. The minimum Gasteiger partial charge on any atom is -0.505 e. The molecule has 24 heteroatoms. The predicted octanol–water partition coefficient (Wildman–Crippen LogP) is 5.73. The monoisotopic (exact) mass is 851 g/mol. The minimum atomic E-state index is -5.13. The van der Waals surface area contributed by atoms with Crippen molar-refractivity contribution in [1.29, 1.82) is 0 Å². The molecular weight excluding hydrogens is 826 g/mol. The van der Waals surface area contributed by atoms with E-state index >= 15 is 0 Å². The Bertz CT molecular complexity index is 2750. The topological polar surface area (TPSA) is 305 Å². The lowest BCUT2D eigenvalue weighted by atomic mass is 10.0. The third-order valence-electron chi connectivity index (χ3n) is 7.54. The number of phenols is 1. The summed E-state index contributed by atoms with van der Waals surface area (Å²) in [5.41, 5.74) is -0.484. The highest BCUT2D eigenvalue weighted by molar-refractivity contribution is 7.87. The van der Waals surface area contributed by atoms with Gasteiger partial charge in [0.25, 0.3) is 12.9 Å². The lowest BCUT2D eigenvalue weighted by Crippen LogP contribution is -2.13. The van der Waals surface area contributed by atoms with Crippen LogP contribution in [0.25, 0.3) is 10.8 Å². The van der Waals surface area contributed by atoms with Crippen molar-refractivity contribution in [3.63, 3.8) is 0 Å². The summed E-state index contributed by atoms with van der Waals surface area (Å²) in [5.74, 6) is 3.55. The predicted molar refractivity (Wildman–Crippen MR) is 206 cm³/mol. The number of benzene rings is 5. The number of ether oxygens (including phenoxy) is 3. The van der Waals surface area contributed by atoms with E-state index < -0.39 is 47.8 Å². The van der Waals surface area contributed by atoms with E-state index in [-0.39, 0.29) is 65.7 Å². The number of nitrogens with one attached hydrogen (secondary N) is 3. The van der Waals surface area contributed by atoms with Crippen molar-refractivity contribution < 1.29 is 54.6 Å². The zero-order valence-electron chi connectivity index (χ0n) is 29.0. The van der Waals surface area contributed by atoms with Gasteiger partial charge in [-0.05, 0) is 35.9 Å². The number of halogens is 1. The Labute approximate surface area is 332 Å². The number of nitrogens with zero attached hydrogens (tertiary/aromatic N) is 5. The van der Waals surface area contributed by atoms with Gasteiger partial charge in [0.1, 0.15) is 23.0 Å². The fraction of sp³-hybridized carbons (Fsp3) is 0.0294. The number of phenolic OH excluding ortho intramolecular Hbond substituents is 1. The van der Waals surface area contributed by atoms with Crippen LogP contribution in [0.1, 0.15) is 5.56 Å². The summed E-state index contributed by atoms with van der Waals surface area (Å²) in [4.78, 5) is 34.3. The van der Waals surface area contributed by atoms with Crippen LogP contribution in [0.15, 0.2) is 106 Å². The Morgan fingerprint density at radius 1 is 0.776 bits per heavy atom. The number of azo groups is 1. The van der Waals surface area contributed by atoms with Crippen LogP contribution in [0.2, 0.25) is 5.02 Å². The molecule has 6 aromatic rings. The number of aromatic hydroxyl groups is 1. The van der Waals surface area contributed by atoms with Gasteiger partial charge in [-0.2, -0.15) is 47.1 Å². The van der Waals surface area contributed by atoms with Gasteiger partial charge in [0, 0.05) is 23.6 Å². The molecule has 0 saturated carbocycles. The molecular formula is C34H26ClN9O12S2. The summed E-state index contributed by atoms with van der Waals surface area (Å²) in [6.07, 6.45) is 0. The van der Waals surface area contributed by atoms with E-state index in [0.29, 0.717) is 10.7 Å². The molecule has 5 aromatic carbocycles. The van der Waals surface area contributed by atoms with Crippen molar-refractivity contribution in [1.82, 2.24) is 15.0 Å². The fourth-order valence-corrected chi connectivity index (χ4v) is 6.56. The molecule has 0 aliphatic heterocycles. The molecule has 7 N–H and O–H groups in total. The Balaban J connectivity index is 1.53. The van der Waals surface area contributed by atoms with Crippen molar-refractivity contribution >= 4 is 96.1 Å². The molecule has 1 aromatic heterocycles. The molecule has 6 rings (SSSR count). The van der Waals surface area contributed by atoms with E-state index in [2.05, 4.69) is 40.1 Å². The Morgan fingerprint density at radius 3 is 2.03 bits per heavy atom. The summed E-state index contributed by atoms with van der Waals surface area (Å²) in [6, 6.07) is 22.1. The maximum Gasteiger partial charge on any atom is 0.357 e. The van der Waals surface area contributed by atoms with E-state index in [1.165, 1.54) is 6.07 Å². The second-order valence-corrected chi connectivity index (χ2v) is 14.4. The van der Waals surface area contributed by atoms with Crippen molar-refractivity contribution in [2.24, 2.45) is 16.1 Å². The van der Waals surface area contributed by atoms with Gasteiger partial charge in [0.15, 0.2) is 11.4 Å². The SMILES string of the molecule is NOS(=O)(=O)c1ccc(Nc2nc(Nc3ccccc3Cl)nc(OCc3ccccc3)n2)c2c(O)c(N=Nc3cc(OC=O)cc(OC=O)c3)c(NS(=O)(=O)O)cc12. The van der Waals surface area contributed by atoms with Crippen molar-refractivity contribution in [2.45, 2.75) is 11.5 Å². The first-order valence-electron chi connectivity index (χ1n) is 16.0. The van der Waals surface area contributed by atoms with Crippen molar-refractivity contribution in [3.05, 3.63) is 102 Å². The van der Waals surface area contributed by atoms with Gasteiger partial charge >= 0.3 is 26.4 Å². The van der Waals surface area contributed by atoms with E-state index in [0.717, 1.165) is 35.9 Å². The molecule has 0 unspecified atom stereocenters. The van der Waals surface area contributed by atoms with Gasteiger partial charge in [-0.1, -0.05) is 54.1 Å². The van der Waals surface area contributed by atoms with Crippen LogP contribution in [-0.4, -0.2) is 54.4 Å². The molecule has 0 fully saturated rings.